The third-order valence-electron chi connectivity index (χ3n) is 3.24. The molecule has 1 aromatic carbocycles. The molecule has 0 amide bonds. The second kappa shape index (κ2) is 7.90. The number of hydrogen-bond donors (Lipinski definition) is 1. The molecule has 0 aliphatic rings. The molecule has 1 N–H and O–H groups in total. The van der Waals surface area contributed by atoms with E-state index in [4.69, 9.17) is 9.47 Å². The highest BCUT2D eigenvalue weighted by molar-refractivity contribution is 5.75. The fraction of sp³-hybridized carbons (Fsp3) is 0.562. The Kier molecular flexibility index (Phi) is 6.52. The smallest absolute Gasteiger partial charge is 0.322 e. The van der Waals surface area contributed by atoms with Crippen LogP contribution in [-0.2, 0) is 9.53 Å². The molecule has 0 heterocycles. The number of esters is 1. The Bertz CT molecular complexity index is 443. The van der Waals surface area contributed by atoms with Crippen molar-refractivity contribution in [3.63, 3.8) is 0 Å². The zero-order valence-electron chi connectivity index (χ0n) is 13.0. The quantitative estimate of drug-likeness (QED) is 0.779. The Balaban J connectivity index is 2.55. The molecule has 1 atom stereocenters. The van der Waals surface area contributed by atoms with Crippen LogP contribution in [0.5, 0.6) is 5.75 Å². The van der Waals surface area contributed by atoms with Crippen molar-refractivity contribution in [3.05, 3.63) is 29.3 Å². The van der Waals surface area contributed by atoms with E-state index in [2.05, 4.69) is 18.3 Å². The first-order valence-electron chi connectivity index (χ1n) is 6.98. The number of rotatable bonds is 7. The molecular formula is C16H25NO3. The van der Waals surface area contributed by atoms with Crippen molar-refractivity contribution in [2.45, 2.75) is 46.2 Å². The maximum absolute atomic E-state index is 11.7. The van der Waals surface area contributed by atoms with Gasteiger partial charge in [0.1, 0.15) is 11.8 Å². The average molecular weight is 279 g/mol. The molecule has 0 saturated carbocycles. The SMILES string of the molecule is COC(=O)C(CCOc1cccc(C)c1C)NC(C)C. The van der Waals surface area contributed by atoms with E-state index in [-0.39, 0.29) is 18.1 Å². The van der Waals surface area contributed by atoms with Crippen LogP contribution in [0.3, 0.4) is 0 Å². The van der Waals surface area contributed by atoms with Crippen molar-refractivity contribution in [1.29, 1.82) is 0 Å². The van der Waals surface area contributed by atoms with E-state index in [1.165, 1.54) is 12.7 Å². The van der Waals surface area contributed by atoms with Crippen molar-refractivity contribution in [1.82, 2.24) is 5.32 Å². The molecule has 0 bridgehead atoms. The van der Waals surface area contributed by atoms with E-state index in [1.54, 1.807) is 0 Å². The lowest BCUT2D eigenvalue weighted by Crippen LogP contribution is -2.42. The van der Waals surface area contributed by atoms with Gasteiger partial charge in [0.05, 0.1) is 13.7 Å². The van der Waals surface area contributed by atoms with Crippen LogP contribution in [0.1, 0.15) is 31.4 Å². The standard InChI is InChI=1S/C16H25NO3/c1-11(2)17-14(16(18)19-5)9-10-20-15-8-6-7-12(3)13(15)4/h6-8,11,14,17H,9-10H2,1-5H3. The van der Waals surface area contributed by atoms with Crippen LogP contribution in [0.2, 0.25) is 0 Å². The maximum atomic E-state index is 11.7. The molecule has 1 unspecified atom stereocenters. The number of ether oxygens (including phenoxy) is 2. The largest absolute Gasteiger partial charge is 0.493 e. The first-order chi connectivity index (χ1) is 9.45. The van der Waals surface area contributed by atoms with Crippen LogP contribution in [0, 0.1) is 13.8 Å². The van der Waals surface area contributed by atoms with Crippen molar-refractivity contribution in [2.24, 2.45) is 0 Å². The Morgan fingerprint density at radius 1 is 1.30 bits per heavy atom. The Labute approximate surface area is 121 Å². The summed E-state index contributed by atoms with van der Waals surface area (Å²) in [6.07, 6.45) is 0.582. The van der Waals surface area contributed by atoms with Gasteiger partial charge in [-0.2, -0.15) is 0 Å². The summed E-state index contributed by atoms with van der Waals surface area (Å²) in [6, 6.07) is 5.87. The van der Waals surface area contributed by atoms with Gasteiger partial charge in [-0.3, -0.25) is 4.79 Å². The van der Waals surface area contributed by atoms with Crippen LogP contribution in [0.4, 0.5) is 0 Å². The number of methoxy groups -OCH3 is 1. The molecule has 0 aliphatic heterocycles. The molecule has 0 fully saturated rings. The molecule has 0 spiro atoms. The molecule has 0 aromatic heterocycles. The molecule has 0 radical (unpaired) electrons. The average Bonchev–Trinajstić information content (AvgIpc) is 2.41. The van der Waals surface area contributed by atoms with Crippen molar-refractivity contribution < 1.29 is 14.3 Å². The highest BCUT2D eigenvalue weighted by Crippen LogP contribution is 2.20. The molecular weight excluding hydrogens is 254 g/mol. The maximum Gasteiger partial charge on any atom is 0.322 e. The number of aryl methyl sites for hydroxylation is 1. The molecule has 0 saturated heterocycles. The van der Waals surface area contributed by atoms with Gasteiger partial charge in [-0.1, -0.05) is 26.0 Å². The summed E-state index contributed by atoms with van der Waals surface area (Å²) in [6.45, 7) is 8.57. The number of nitrogens with one attached hydrogen (secondary N) is 1. The second-order valence-electron chi connectivity index (χ2n) is 5.23. The fourth-order valence-corrected chi connectivity index (χ4v) is 1.98. The van der Waals surface area contributed by atoms with Gasteiger partial charge >= 0.3 is 5.97 Å². The van der Waals surface area contributed by atoms with Crippen LogP contribution < -0.4 is 10.1 Å². The number of carbonyl (C=O) groups excluding carboxylic acids is 1. The highest BCUT2D eigenvalue weighted by atomic mass is 16.5. The van der Waals surface area contributed by atoms with Crippen molar-refractivity contribution in [3.8, 4) is 5.75 Å². The van der Waals surface area contributed by atoms with Gasteiger partial charge in [0.2, 0.25) is 0 Å². The normalized spacial score (nSPS) is 12.3. The Morgan fingerprint density at radius 2 is 2.00 bits per heavy atom. The lowest BCUT2D eigenvalue weighted by atomic mass is 10.1. The summed E-state index contributed by atoms with van der Waals surface area (Å²) in [7, 11) is 1.41. The summed E-state index contributed by atoms with van der Waals surface area (Å²) in [5, 5.41) is 3.19. The van der Waals surface area contributed by atoms with Gasteiger partial charge in [-0.15, -0.1) is 0 Å². The fourth-order valence-electron chi connectivity index (χ4n) is 1.98. The Hall–Kier alpha value is -1.55. The van der Waals surface area contributed by atoms with Crippen LogP contribution in [-0.4, -0.2) is 31.8 Å². The zero-order chi connectivity index (χ0) is 15.1. The minimum atomic E-state index is -0.329. The van der Waals surface area contributed by atoms with Crippen LogP contribution in [0.25, 0.3) is 0 Å². The van der Waals surface area contributed by atoms with E-state index in [1.807, 2.05) is 32.9 Å². The van der Waals surface area contributed by atoms with Crippen molar-refractivity contribution >= 4 is 5.97 Å². The molecule has 20 heavy (non-hydrogen) atoms. The van der Waals surface area contributed by atoms with Gasteiger partial charge < -0.3 is 14.8 Å². The van der Waals surface area contributed by atoms with Crippen molar-refractivity contribution in [2.75, 3.05) is 13.7 Å². The number of carbonyl (C=O) groups is 1. The third-order valence-corrected chi connectivity index (χ3v) is 3.24. The highest BCUT2D eigenvalue weighted by Gasteiger charge is 2.19. The van der Waals surface area contributed by atoms with Gasteiger partial charge in [0, 0.05) is 12.5 Å². The van der Waals surface area contributed by atoms with Crippen LogP contribution in [0.15, 0.2) is 18.2 Å². The predicted octanol–water partition coefficient (Wildman–Crippen LogP) is 2.61. The Morgan fingerprint density at radius 3 is 2.60 bits per heavy atom. The topological polar surface area (TPSA) is 47.6 Å². The van der Waals surface area contributed by atoms with E-state index in [0.29, 0.717) is 13.0 Å². The van der Waals surface area contributed by atoms with E-state index < -0.39 is 0 Å². The summed E-state index contributed by atoms with van der Waals surface area (Å²) in [4.78, 5) is 11.7. The van der Waals surface area contributed by atoms with Gasteiger partial charge in [0.15, 0.2) is 0 Å². The number of benzene rings is 1. The first kappa shape index (κ1) is 16.5. The predicted molar refractivity (Wildman–Crippen MR) is 80.1 cm³/mol. The summed E-state index contributed by atoms with van der Waals surface area (Å²) < 4.78 is 10.6. The third kappa shape index (κ3) is 4.85. The molecule has 1 rings (SSSR count). The van der Waals surface area contributed by atoms with Gasteiger partial charge in [0.25, 0.3) is 0 Å². The van der Waals surface area contributed by atoms with E-state index in [9.17, 15) is 4.79 Å². The molecule has 4 heteroatoms. The lowest BCUT2D eigenvalue weighted by Gasteiger charge is -2.19. The number of hydrogen-bond acceptors (Lipinski definition) is 4. The zero-order valence-corrected chi connectivity index (χ0v) is 13.0. The van der Waals surface area contributed by atoms with Gasteiger partial charge in [-0.25, -0.2) is 0 Å². The minimum absolute atomic E-state index is 0.222. The second-order valence-corrected chi connectivity index (χ2v) is 5.23. The summed E-state index contributed by atoms with van der Waals surface area (Å²) in [5.74, 6) is 0.626. The lowest BCUT2D eigenvalue weighted by molar-refractivity contribution is -0.143. The molecule has 0 aliphatic carbocycles. The van der Waals surface area contributed by atoms with Gasteiger partial charge in [-0.05, 0) is 31.0 Å². The summed E-state index contributed by atoms with van der Waals surface area (Å²) in [5.41, 5.74) is 2.34. The van der Waals surface area contributed by atoms with E-state index in [0.717, 1.165) is 11.3 Å². The minimum Gasteiger partial charge on any atom is -0.493 e. The first-order valence-corrected chi connectivity index (χ1v) is 6.98. The van der Waals surface area contributed by atoms with E-state index >= 15 is 0 Å². The summed E-state index contributed by atoms with van der Waals surface area (Å²) >= 11 is 0. The molecule has 4 nitrogen and oxygen atoms in total. The monoisotopic (exact) mass is 279 g/mol. The van der Waals surface area contributed by atoms with Crippen LogP contribution >= 0.6 is 0 Å². The molecule has 1 aromatic rings. The molecule has 112 valence electrons.